The molecule has 0 bridgehead atoms. The third-order valence-corrected chi connectivity index (χ3v) is 5.45. The average molecular weight is 372 g/mol. The van der Waals surface area contributed by atoms with E-state index in [9.17, 15) is 0 Å². The molecule has 0 aromatic heterocycles. The summed E-state index contributed by atoms with van der Waals surface area (Å²) in [7, 11) is 1.69. The lowest BCUT2D eigenvalue weighted by molar-refractivity contribution is 0.413. The molecule has 0 radical (unpaired) electrons. The molecule has 2 nitrogen and oxygen atoms in total. The molecule has 0 atom stereocenters. The van der Waals surface area contributed by atoms with Crippen LogP contribution in [0.15, 0.2) is 69.9 Å². The second kappa shape index (κ2) is 10.4. The molecule has 0 fully saturated rings. The van der Waals surface area contributed by atoms with Crippen molar-refractivity contribution in [2.75, 3.05) is 12.9 Å². The number of thioether (sulfide) groups is 2. The lowest BCUT2D eigenvalue weighted by Gasteiger charge is -2.05. The number of ether oxygens (including phenoxy) is 1. The highest BCUT2D eigenvalue weighted by Crippen LogP contribution is 2.25. The lowest BCUT2D eigenvalue weighted by atomic mass is 10.2. The van der Waals surface area contributed by atoms with Crippen LogP contribution in [0.1, 0.15) is 19.4 Å². The summed E-state index contributed by atoms with van der Waals surface area (Å²) in [6, 6.07) is 16.4. The van der Waals surface area contributed by atoms with Crippen LogP contribution in [0.25, 0.3) is 0 Å². The van der Waals surface area contributed by atoms with Crippen molar-refractivity contribution in [2.24, 2.45) is 10.9 Å². The van der Waals surface area contributed by atoms with E-state index in [1.807, 2.05) is 18.2 Å². The van der Waals surface area contributed by atoms with Gasteiger partial charge in [0.25, 0.3) is 0 Å². The van der Waals surface area contributed by atoms with Gasteiger partial charge in [-0.1, -0.05) is 49.4 Å². The molecule has 2 aromatic carbocycles. The Labute approximate surface area is 159 Å². The van der Waals surface area contributed by atoms with Crippen LogP contribution in [0.2, 0.25) is 0 Å². The molecular weight excluding hydrogens is 346 g/mol. The van der Waals surface area contributed by atoms with Crippen LogP contribution in [0.3, 0.4) is 0 Å². The third kappa shape index (κ3) is 7.41. The second-order valence-corrected chi connectivity index (χ2v) is 8.11. The summed E-state index contributed by atoms with van der Waals surface area (Å²) in [6.45, 7) is 6.54. The third-order valence-electron chi connectivity index (χ3n) is 3.29. The summed E-state index contributed by atoms with van der Waals surface area (Å²) in [5.41, 5.74) is 2.24. The molecule has 25 heavy (non-hydrogen) atoms. The number of nitrogens with zero attached hydrogens (tertiary/aromatic N) is 1. The van der Waals surface area contributed by atoms with E-state index in [1.54, 1.807) is 30.6 Å². The molecule has 132 valence electrons. The summed E-state index contributed by atoms with van der Waals surface area (Å²) in [4.78, 5) is 5.94. The van der Waals surface area contributed by atoms with Gasteiger partial charge in [-0.3, -0.25) is 0 Å². The van der Waals surface area contributed by atoms with Crippen LogP contribution in [0.4, 0.5) is 5.69 Å². The summed E-state index contributed by atoms with van der Waals surface area (Å²) in [6.07, 6.45) is 2.09. The first-order valence-corrected chi connectivity index (χ1v) is 10.2. The summed E-state index contributed by atoms with van der Waals surface area (Å²) >= 11 is 3.47. The molecule has 0 N–H and O–H groups in total. The van der Waals surface area contributed by atoms with Gasteiger partial charge in [0.1, 0.15) is 5.75 Å². The van der Waals surface area contributed by atoms with E-state index in [1.165, 1.54) is 5.56 Å². The maximum atomic E-state index is 5.27. The molecule has 0 heterocycles. The molecule has 2 aromatic rings. The van der Waals surface area contributed by atoms with Gasteiger partial charge in [0.2, 0.25) is 0 Å². The van der Waals surface area contributed by atoms with Crippen molar-refractivity contribution < 1.29 is 4.74 Å². The minimum absolute atomic E-state index is 0.632. The van der Waals surface area contributed by atoms with E-state index in [2.05, 4.69) is 62.6 Å². The van der Waals surface area contributed by atoms with Crippen molar-refractivity contribution in [1.82, 2.24) is 0 Å². The van der Waals surface area contributed by atoms with Crippen LogP contribution in [-0.4, -0.2) is 17.9 Å². The Hall–Kier alpha value is -1.65. The summed E-state index contributed by atoms with van der Waals surface area (Å²) in [5, 5.41) is 3.13. The minimum atomic E-state index is 0.632. The van der Waals surface area contributed by atoms with Gasteiger partial charge in [-0.05, 0) is 54.7 Å². The lowest BCUT2D eigenvalue weighted by Crippen LogP contribution is -1.95. The van der Waals surface area contributed by atoms with Gasteiger partial charge >= 0.3 is 0 Å². The van der Waals surface area contributed by atoms with E-state index >= 15 is 0 Å². The van der Waals surface area contributed by atoms with Crippen molar-refractivity contribution in [3.63, 3.8) is 0 Å². The molecule has 0 unspecified atom stereocenters. The number of rotatable bonds is 7. The fraction of sp³-hybridized carbons (Fsp3) is 0.286. The van der Waals surface area contributed by atoms with Crippen molar-refractivity contribution in [3.8, 4) is 5.75 Å². The first-order valence-electron chi connectivity index (χ1n) is 8.32. The van der Waals surface area contributed by atoms with Crippen LogP contribution in [-0.2, 0) is 0 Å². The molecule has 2 rings (SSSR count). The SMILES string of the molecule is COc1cccc(SC=CC(=Nc2ccc(C)cc2)SCC(C)C)c1. The Kier molecular flexibility index (Phi) is 8.16. The zero-order valence-corrected chi connectivity index (χ0v) is 16.9. The highest BCUT2D eigenvalue weighted by molar-refractivity contribution is 8.14. The van der Waals surface area contributed by atoms with Crippen molar-refractivity contribution in [2.45, 2.75) is 25.7 Å². The molecule has 0 aliphatic carbocycles. The molecule has 0 spiro atoms. The minimum Gasteiger partial charge on any atom is -0.497 e. The molecule has 0 saturated heterocycles. The Balaban J connectivity index is 2.10. The first-order chi connectivity index (χ1) is 12.1. The van der Waals surface area contributed by atoms with Crippen LogP contribution in [0, 0.1) is 12.8 Å². The number of benzene rings is 2. The predicted molar refractivity (Wildman–Crippen MR) is 114 cm³/mol. The topological polar surface area (TPSA) is 21.6 Å². The fourth-order valence-corrected chi connectivity index (χ4v) is 3.58. The van der Waals surface area contributed by atoms with Gasteiger partial charge < -0.3 is 4.74 Å². The molecule has 0 aliphatic rings. The Morgan fingerprint density at radius 3 is 2.60 bits per heavy atom. The van der Waals surface area contributed by atoms with Gasteiger partial charge in [-0.15, -0.1) is 11.8 Å². The van der Waals surface area contributed by atoms with Crippen molar-refractivity contribution in [1.29, 1.82) is 0 Å². The number of methoxy groups -OCH3 is 1. The first kappa shape index (κ1) is 19.7. The number of hydrogen-bond donors (Lipinski definition) is 0. The largest absolute Gasteiger partial charge is 0.497 e. The van der Waals surface area contributed by atoms with E-state index in [4.69, 9.17) is 9.73 Å². The second-order valence-electron chi connectivity index (χ2n) is 6.09. The molecule has 0 amide bonds. The smallest absolute Gasteiger partial charge is 0.119 e. The van der Waals surface area contributed by atoms with E-state index in [0.29, 0.717) is 5.92 Å². The predicted octanol–water partition coefficient (Wildman–Crippen LogP) is 6.73. The molecular formula is C21H25NOS2. The maximum Gasteiger partial charge on any atom is 0.119 e. The molecule has 0 aliphatic heterocycles. The fourth-order valence-electron chi connectivity index (χ4n) is 1.96. The van der Waals surface area contributed by atoms with Crippen LogP contribution < -0.4 is 4.74 Å². The zero-order valence-electron chi connectivity index (χ0n) is 15.2. The Morgan fingerprint density at radius 1 is 1.16 bits per heavy atom. The summed E-state index contributed by atoms with van der Waals surface area (Å²) < 4.78 is 5.27. The Morgan fingerprint density at radius 2 is 1.92 bits per heavy atom. The van der Waals surface area contributed by atoms with Crippen molar-refractivity contribution in [3.05, 3.63) is 65.6 Å². The van der Waals surface area contributed by atoms with Gasteiger partial charge in [0.15, 0.2) is 0 Å². The van der Waals surface area contributed by atoms with Crippen LogP contribution in [0.5, 0.6) is 5.75 Å². The van der Waals surface area contributed by atoms with Gasteiger partial charge in [-0.25, -0.2) is 4.99 Å². The van der Waals surface area contributed by atoms with E-state index in [0.717, 1.165) is 27.1 Å². The quantitative estimate of drug-likeness (QED) is 0.306. The standard InChI is InChI=1S/C21H25NOS2/c1-16(2)15-25-21(22-18-10-8-17(3)9-11-18)12-13-24-20-7-5-6-19(14-20)23-4/h5-14,16H,15H2,1-4H3. The molecule has 4 heteroatoms. The Bertz CT molecular complexity index is 721. The van der Waals surface area contributed by atoms with E-state index in [-0.39, 0.29) is 0 Å². The van der Waals surface area contributed by atoms with Gasteiger partial charge in [0.05, 0.1) is 17.8 Å². The number of aryl methyl sites for hydroxylation is 1. The van der Waals surface area contributed by atoms with Crippen molar-refractivity contribution >= 4 is 34.3 Å². The zero-order chi connectivity index (χ0) is 18.1. The van der Waals surface area contributed by atoms with Gasteiger partial charge in [-0.2, -0.15) is 0 Å². The monoisotopic (exact) mass is 371 g/mol. The summed E-state index contributed by atoms with van der Waals surface area (Å²) in [5.74, 6) is 2.56. The van der Waals surface area contributed by atoms with Gasteiger partial charge in [0, 0.05) is 10.6 Å². The average Bonchev–Trinajstić information content (AvgIpc) is 2.61. The highest BCUT2D eigenvalue weighted by atomic mass is 32.2. The normalized spacial score (nSPS) is 12.1. The van der Waals surface area contributed by atoms with Crippen LogP contribution >= 0.6 is 23.5 Å². The van der Waals surface area contributed by atoms with E-state index < -0.39 is 0 Å². The molecule has 0 saturated carbocycles. The number of aliphatic imine (C=N–C) groups is 1. The number of hydrogen-bond acceptors (Lipinski definition) is 4. The maximum absolute atomic E-state index is 5.27. The highest BCUT2D eigenvalue weighted by Gasteiger charge is 2.01.